The van der Waals surface area contributed by atoms with Gasteiger partial charge >= 0.3 is 0 Å². The Morgan fingerprint density at radius 1 is 1.15 bits per heavy atom. The summed E-state index contributed by atoms with van der Waals surface area (Å²) in [4.78, 5) is 26.7. The van der Waals surface area contributed by atoms with Crippen molar-refractivity contribution in [2.75, 3.05) is 20.6 Å². The molecule has 0 saturated carbocycles. The number of benzene rings is 2. The molecular weight excluding hydrogens is 352 g/mol. The molecule has 0 radical (unpaired) electrons. The summed E-state index contributed by atoms with van der Waals surface area (Å²) in [7, 11) is 3.90. The summed E-state index contributed by atoms with van der Waals surface area (Å²) < 4.78 is 5.57. The average molecular weight is 371 g/mol. The minimum absolute atomic E-state index is 0.00568. The highest BCUT2D eigenvalue weighted by Crippen LogP contribution is 2.19. The molecule has 0 fully saturated rings. The van der Waals surface area contributed by atoms with Gasteiger partial charge in [0.05, 0.1) is 11.4 Å². The molecule has 0 aliphatic carbocycles. The van der Waals surface area contributed by atoms with E-state index in [4.69, 9.17) is 16.0 Å². The molecule has 3 aromatic rings. The fourth-order valence-electron chi connectivity index (χ4n) is 2.79. The first kappa shape index (κ1) is 18.2. The van der Waals surface area contributed by atoms with Gasteiger partial charge in [0, 0.05) is 17.6 Å². The molecule has 6 heteroatoms. The van der Waals surface area contributed by atoms with E-state index in [-0.39, 0.29) is 17.2 Å². The van der Waals surface area contributed by atoms with Gasteiger partial charge in [0.2, 0.25) is 0 Å². The molecule has 0 aliphatic heterocycles. The Kier molecular flexibility index (Phi) is 5.40. The van der Waals surface area contributed by atoms with E-state index in [1.807, 2.05) is 49.3 Å². The van der Waals surface area contributed by atoms with Crippen LogP contribution in [-0.4, -0.2) is 31.4 Å². The van der Waals surface area contributed by atoms with Crippen molar-refractivity contribution in [3.8, 4) is 0 Å². The van der Waals surface area contributed by atoms with Crippen LogP contribution in [0.25, 0.3) is 11.0 Å². The molecule has 0 saturated heterocycles. The summed E-state index contributed by atoms with van der Waals surface area (Å²) in [6.07, 6.45) is 0. The van der Waals surface area contributed by atoms with E-state index < -0.39 is 5.91 Å². The van der Waals surface area contributed by atoms with Crippen LogP contribution in [0.15, 0.2) is 63.8 Å². The maximum absolute atomic E-state index is 12.5. The first-order valence-electron chi connectivity index (χ1n) is 8.18. The van der Waals surface area contributed by atoms with E-state index in [9.17, 15) is 9.59 Å². The Hall–Kier alpha value is -2.63. The number of amides is 1. The van der Waals surface area contributed by atoms with Gasteiger partial charge in [-0.1, -0.05) is 41.9 Å². The van der Waals surface area contributed by atoms with Crippen LogP contribution in [-0.2, 0) is 0 Å². The zero-order chi connectivity index (χ0) is 18.7. The number of nitrogens with zero attached hydrogens (tertiary/aromatic N) is 1. The highest BCUT2D eigenvalue weighted by molar-refractivity contribution is 6.31. The van der Waals surface area contributed by atoms with Crippen LogP contribution in [0.2, 0.25) is 5.02 Å². The Labute approximate surface area is 156 Å². The highest BCUT2D eigenvalue weighted by atomic mass is 35.5. The second-order valence-electron chi connectivity index (χ2n) is 6.22. The molecule has 1 unspecified atom stereocenters. The van der Waals surface area contributed by atoms with Crippen molar-refractivity contribution in [3.05, 3.63) is 81.2 Å². The van der Waals surface area contributed by atoms with E-state index in [2.05, 4.69) is 5.32 Å². The zero-order valence-corrected chi connectivity index (χ0v) is 15.3. The monoisotopic (exact) mass is 370 g/mol. The molecule has 1 aromatic heterocycles. The van der Waals surface area contributed by atoms with Crippen molar-refractivity contribution >= 4 is 28.5 Å². The average Bonchev–Trinajstić information content (AvgIpc) is 2.62. The lowest BCUT2D eigenvalue weighted by Crippen LogP contribution is -2.34. The van der Waals surface area contributed by atoms with Crippen molar-refractivity contribution in [1.29, 1.82) is 0 Å². The molecule has 5 nitrogen and oxygen atoms in total. The number of rotatable bonds is 5. The van der Waals surface area contributed by atoms with Gasteiger partial charge in [-0.15, -0.1) is 0 Å². The summed E-state index contributed by atoms with van der Waals surface area (Å²) in [5.74, 6) is -0.447. The Bertz CT molecular complexity index is 983. The molecule has 1 heterocycles. The fraction of sp³-hybridized carbons (Fsp3) is 0.200. The highest BCUT2D eigenvalue weighted by Gasteiger charge is 2.17. The number of carbonyl (C=O) groups excluding carboxylic acids is 1. The number of nitrogens with one attached hydrogen (secondary N) is 1. The van der Waals surface area contributed by atoms with Gasteiger partial charge in [-0.25, -0.2) is 0 Å². The minimum atomic E-state index is -0.429. The number of fused-ring (bicyclic) bond motifs is 1. The Morgan fingerprint density at radius 2 is 1.88 bits per heavy atom. The minimum Gasteiger partial charge on any atom is -0.451 e. The summed E-state index contributed by atoms with van der Waals surface area (Å²) in [5.41, 5.74) is 1.12. The molecular formula is C20H19ClN2O3. The molecule has 1 atom stereocenters. The van der Waals surface area contributed by atoms with Crippen LogP contribution >= 0.6 is 11.6 Å². The van der Waals surface area contributed by atoms with Crippen molar-refractivity contribution < 1.29 is 9.21 Å². The number of carbonyl (C=O) groups is 1. The summed E-state index contributed by atoms with van der Waals surface area (Å²) >= 11 is 5.90. The summed E-state index contributed by atoms with van der Waals surface area (Å²) in [6, 6.07) is 15.8. The molecule has 1 amide bonds. The molecule has 134 valence electrons. The third-order valence-corrected chi connectivity index (χ3v) is 4.41. The standard InChI is InChI=1S/C20H19ClN2O3/c1-23(2)16(13-6-4-3-5-7-13)12-22-20(25)19-11-17(24)15-10-14(21)8-9-18(15)26-19/h3-11,16H,12H2,1-2H3,(H,22,25). The van der Waals surface area contributed by atoms with Crippen molar-refractivity contribution in [2.24, 2.45) is 0 Å². The van der Waals surface area contributed by atoms with Gasteiger partial charge in [0.25, 0.3) is 5.91 Å². The number of hydrogen-bond acceptors (Lipinski definition) is 4. The van der Waals surface area contributed by atoms with Gasteiger partial charge in [0.1, 0.15) is 5.58 Å². The fourth-order valence-corrected chi connectivity index (χ4v) is 2.96. The zero-order valence-electron chi connectivity index (χ0n) is 14.5. The molecule has 2 aromatic carbocycles. The second kappa shape index (κ2) is 7.72. The lowest BCUT2D eigenvalue weighted by molar-refractivity contribution is 0.0914. The molecule has 0 bridgehead atoms. The molecule has 1 N–H and O–H groups in total. The summed E-state index contributed by atoms with van der Waals surface area (Å²) in [6.45, 7) is 0.387. The van der Waals surface area contributed by atoms with Gasteiger partial charge in [-0.05, 0) is 37.9 Å². The molecule has 3 rings (SSSR count). The van der Waals surface area contributed by atoms with Gasteiger partial charge < -0.3 is 14.6 Å². The van der Waals surface area contributed by atoms with Crippen LogP contribution in [0, 0.1) is 0 Å². The van der Waals surface area contributed by atoms with E-state index in [1.54, 1.807) is 12.1 Å². The van der Waals surface area contributed by atoms with Gasteiger partial charge in [-0.3, -0.25) is 9.59 Å². The lowest BCUT2D eigenvalue weighted by Gasteiger charge is -2.25. The van der Waals surface area contributed by atoms with Crippen molar-refractivity contribution in [1.82, 2.24) is 10.2 Å². The van der Waals surface area contributed by atoms with E-state index in [1.165, 1.54) is 12.1 Å². The van der Waals surface area contributed by atoms with Crippen molar-refractivity contribution in [3.63, 3.8) is 0 Å². The van der Waals surface area contributed by atoms with Crippen LogP contribution < -0.4 is 10.7 Å². The maximum Gasteiger partial charge on any atom is 0.287 e. The third kappa shape index (κ3) is 3.95. The number of hydrogen-bond donors (Lipinski definition) is 1. The predicted molar refractivity (Wildman–Crippen MR) is 103 cm³/mol. The van der Waals surface area contributed by atoms with Crippen molar-refractivity contribution in [2.45, 2.75) is 6.04 Å². The molecule has 0 aliphatic rings. The van der Waals surface area contributed by atoms with Crippen LogP contribution in [0.5, 0.6) is 0 Å². The predicted octanol–water partition coefficient (Wildman–Crippen LogP) is 3.48. The van der Waals surface area contributed by atoms with E-state index in [0.717, 1.165) is 5.56 Å². The third-order valence-electron chi connectivity index (χ3n) is 4.18. The largest absolute Gasteiger partial charge is 0.451 e. The smallest absolute Gasteiger partial charge is 0.287 e. The molecule has 0 spiro atoms. The SMILES string of the molecule is CN(C)C(CNC(=O)c1cc(=O)c2cc(Cl)ccc2o1)c1ccccc1. The van der Waals surface area contributed by atoms with Crippen LogP contribution in [0.4, 0.5) is 0 Å². The lowest BCUT2D eigenvalue weighted by atomic mass is 10.1. The number of likely N-dealkylation sites (N-methyl/N-ethyl adjacent to an activating group) is 1. The quantitative estimate of drug-likeness (QED) is 0.746. The topological polar surface area (TPSA) is 62.6 Å². The van der Waals surface area contributed by atoms with Crippen LogP contribution in [0.3, 0.4) is 0 Å². The van der Waals surface area contributed by atoms with E-state index >= 15 is 0 Å². The van der Waals surface area contributed by atoms with E-state index in [0.29, 0.717) is 22.5 Å². The van der Waals surface area contributed by atoms with Gasteiger partial charge in [-0.2, -0.15) is 0 Å². The Morgan fingerprint density at radius 3 is 2.58 bits per heavy atom. The summed E-state index contributed by atoms with van der Waals surface area (Å²) in [5, 5.41) is 3.64. The normalized spacial score (nSPS) is 12.3. The molecule has 26 heavy (non-hydrogen) atoms. The number of halogens is 1. The Balaban J connectivity index is 1.80. The second-order valence-corrected chi connectivity index (χ2v) is 6.65. The first-order valence-corrected chi connectivity index (χ1v) is 8.56. The van der Waals surface area contributed by atoms with Crippen LogP contribution in [0.1, 0.15) is 22.2 Å². The first-order chi connectivity index (χ1) is 12.5. The maximum atomic E-state index is 12.5. The van der Waals surface area contributed by atoms with Gasteiger partial charge in [0.15, 0.2) is 11.2 Å².